The van der Waals surface area contributed by atoms with E-state index < -0.39 is 54.5 Å². The molecule has 4 unspecified atom stereocenters. The van der Waals surface area contributed by atoms with Gasteiger partial charge in [0.1, 0.15) is 29.9 Å². The zero-order valence-electron chi connectivity index (χ0n) is 20.8. The Balaban J connectivity index is 2.24. The van der Waals surface area contributed by atoms with Gasteiger partial charge in [-0.15, -0.1) is 0 Å². The van der Waals surface area contributed by atoms with Gasteiger partial charge in [-0.1, -0.05) is 12.1 Å². The number of aromatic nitrogens is 2. The van der Waals surface area contributed by atoms with Gasteiger partial charge in [0.2, 0.25) is 17.7 Å². The summed E-state index contributed by atoms with van der Waals surface area (Å²) in [5.41, 5.74) is 12.2. The number of nitrogens with two attached hydrogens (primary N) is 2. The predicted molar refractivity (Wildman–Crippen MR) is 135 cm³/mol. The Labute approximate surface area is 219 Å². The van der Waals surface area contributed by atoms with E-state index in [4.69, 9.17) is 16.6 Å². The largest absolute Gasteiger partial charge is 0.508 e. The fourth-order valence-corrected chi connectivity index (χ4v) is 3.56. The van der Waals surface area contributed by atoms with Crippen molar-refractivity contribution in [1.82, 2.24) is 25.9 Å². The first kappa shape index (κ1) is 30.2. The molecule has 208 valence electrons. The molecule has 11 N–H and O–H groups in total. The maximum atomic E-state index is 13.2. The highest BCUT2D eigenvalue weighted by atomic mass is 16.4. The lowest BCUT2D eigenvalue weighted by Crippen LogP contribution is -2.58. The minimum atomic E-state index is -1.32. The molecule has 38 heavy (non-hydrogen) atoms. The van der Waals surface area contributed by atoms with Crippen LogP contribution in [-0.4, -0.2) is 86.3 Å². The van der Waals surface area contributed by atoms with Crippen molar-refractivity contribution < 1.29 is 34.5 Å². The number of aliphatic hydroxyl groups excluding tert-OH is 1. The Kier molecular flexibility index (Phi) is 12.2. The highest BCUT2D eigenvalue weighted by Crippen LogP contribution is 2.12. The number of benzene rings is 1. The topological polar surface area (TPSA) is 246 Å². The Morgan fingerprint density at radius 2 is 1.55 bits per heavy atom. The Morgan fingerprint density at radius 3 is 2.13 bits per heavy atom. The van der Waals surface area contributed by atoms with Crippen molar-refractivity contribution in [3.8, 4) is 5.75 Å². The second-order valence-electron chi connectivity index (χ2n) is 8.75. The third-order valence-corrected chi connectivity index (χ3v) is 5.72. The summed E-state index contributed by atoms with van der Waals surface area (Å²) in [6.45, 7) is -0.251. The van der Waals surface area contributed by atoms with Crippen LogP contribution in [0.4, 0.5) is 0 Å². The number of carbonyl (C=O) groups is 4. The van der Waals surface area contributed by atoms with Crippen LogP contribution in [0.15, 0.2) is 36.8 Å². The highest BCUT2D eigenvalue weighted by molar-refractivity contribution is 5.94. The van der Waals surface area contributed by atoms with E-state index in [-0.39, 0.29) is 25.0 Å². The molecule has 4 atom stereocenters. The van der Waals surface area contributed by atoms with Crippen LogP contribution in [0.25, 0.3) is 0 Å². The van der Waals surface area contributed by atoms with Crippen LogP contribution in [-0.2, 0) is 32.0 Å². The van der Waals surface area contributed by atoms with E-state index >= 15 is 0 Å². The molecule has 1 heterocycles. The zero-order valence-corrected chi connectivity index (χ0v) is 20.8. The normalized spacial score (nSPS) is 14.1. The maximum Gasteiger partial charge on any atom is 0.326 e. The smallest absolute Gasteiger partial charge is 0.326 e. The average molecular weight is 534 g/mol. The van der Waals surface area contributed by atoms with E-state index in [9.17, 15) is 29.4 Å². The average Bonchev–Trinajstić information content (AvgIpc) is 3.41. The molecule has 14 heteroatoms. The Bertz CT molecular complexity index is 1050. The number of carbonyl (C=O) groups excluding carboxylic acids is 3. The number of H-pyrrole nitrogens is 1. The first-order valence-electron chi connectivity index (χ1n) is 12.1. The summed E-state index contributed by atoms with van der Waals surface area (Å²) in [6.07, 6.45) is 3.97. The van der Waals surface area contributed by atoms with E-state index in [1.807, 2.05) is 0 Å². The zero-order chi connectivity index (χ0) is 28.1. The molecule has 3 amide bonds. The fraction of sp³-hybridized carbons (Fsp3) is 0.458. The van der Waals surface area contributed by atoms with Crippen molar-refractivity contribution in [2.75, 3.05) is 13.2 Å². The van der Waals surface area contributed by atoms with Crippen molar-refractivity contribution >= 4 is 23.7 Å². The molecule has 0 spiro atoms. The molecule has 0 aliphatic rings. The third kappa shape index (κ3) is 9.80. The molecule has 0 radical (unpaired) electrons. The Hall–Kier alpha value is -4.01. The monoisotopic (exact) mass is 533 g/mol. The predicted octanol–water partition coefficient (Wildman–Crippen LogP) is -2.11. The van der Waals surface area contributed by atoms with Gasteiger partial charge in [-0.05, 0) is 43.5 Å². The van der Waals surface area contributed by atoms with Crippen molar-refractivity contribution in [2.45, 2.75) is 56.3 Å². The number of phenolic OH excluding ortho intramolecular Hbond substituents is 1. The lowest BCUT2D eigenvalue weighted by atomic mass is 10.0. The van der Waals surface area contributed by atoms with Gasteiger partial charge >= 0.3 is 5.97 Å². The number of hydrogen-bond donors (Lipinski definition) is 9. The Morgan fingerprint density at radius 1 is 0.921 bits per heavy atom. The van der Waals surface area contributed by atoms with Crippen LogP contribution < -0.4 is 27.4 Å². The summed E-state index contributed by atoms with van der Waals surface area (Å²) in [6, 6.07) is 1.08. The van der Waals surface area contributed by atoms with Crippen LogP contribution in [0.3, 0.4) is 0 Å². The number of phenols is 1. The molecule has 0 saturated heterocycles. The number of unbranched alkanes of at least 4 members (excludes halogenated alkanes) is 1. The minimum Gasteiger partial charge on any atom is -0.508 e. The van der Waals surface area contributed by atoms with Crippen molar-refractivity contribution in [1.29, 1.82) is 0 Å². The number of amides is 3. The number of nitrogens with zero attached hydrogens (tertiary/aromatic N) is 1. The molecule has 2 rings (SSSR count). The second kappa shape index (κ2) is 15.3. The summed E-state index contributed by atoms with van der Waals surface area (Å²) >= 11 is 0. The lowest BCUT2D eigenvalue weighted by molar-refractivity contribution is -0.142. The van der Waals surface area contributed by atoms with E-state index in [2.05, 4.69) is 25.9 Å². The number of aliphatic carboxylic acids is 1. The fourth-order valence-electron chi connectivity index (χ4n) is 3.56. The molecule has 0 fully saturated rings. The number of imidazole rings is 1. The highest BCUT2D eigenvalue weighted by Gasteiger charge is 2.30. The first-order chi connectivity index (χ1) is 18.1. The molecular formula is C24H35N7O7. The molecule has 1 aromatic carbocycles. The second-order valence-corrected chi connectivity index (χ2v) is 8.75. The lowest BCUT2D eigenvalue weighted by Gasteiger charge is -2.25. The number of hydrogen-bond acceptors (Lipinski definition) is 9. The van der Waals surface area contributed by atoms with Crippen LogP contribution in [0.1, 0.15) is 30.5 Å². The van der Waals surface area contributed by atoms with Gasteiger partial charge in [-0.3, -0.25) is 14.4 Å². The van der Waals surface area contributed by atoms with E-state index in [1.165, 1.54) is 24.7 Å². The van der Waals surface area contributed by atoms with Gasteiger partial charge in [0, 0.05) is 24.7 Å². The van der Waals surface area contributed by atoms with Gasteiger partial charge in [-0.25, -0.2) is 9.78 Å². The van der Waals surface area contributed by atoms with Gasteiger partial charge in [-0.2, -0.15) is 0 Å². The molecule has 1 aromatic heterocycles. The molecular weight excluding hydrogens is 498 g/mol. The number of carboxylic acid groups (broad SMARTS) is 1. The van der Waals surface area contributed by atoms with Crippen LogP contribution in [0.5, 0.6) is 5.75 Å². The number of carboxylic acids is 1. The quantitative estimate of drug-likeness (QED) is 0.106. The van der Waals surface area contributed by atoms with E-state index in [1.54, 1.807) is 12.1 Å². The maximum absolute atomic E-state index is 13.2. The van der Waals surface area contributed by atoms with Gasteiger partial charge < -0.3 is 47.7 Å². The van der Waals surface area contributed by atoms with Crippen molar-refractivity contribution in [3.63, 3.8) is 0 Å². The molecule has 0 bridgehead atoms. The van der Waals surface area contributed by atoms with Crippen molar-refractivity contribution in [3.05, 3.63) is 48.0 Å². The number of aromatic amines is 1. The number of nitrogens with one attached hydrogen (secondary N) is 4. The van der Waals surface area contributed by atoms with Gasteiger partial charge in [0.25, 0.3) is 0 Å². The standard InChI is InChI=1S/C24H35N7O7/c25-8-2-1-3-18(29-21(34)17(26)12-32)22(35)30-19(9-14-4-6-16(33)7-5-14)23(36)31-20(24(37)38)10-15-11-27-13-28-15/h4-7,11,13,17-20,32-33H,1-3,8-10,12,25-26H2,(H,27,28)(H,29,34)(H,30,35)(H,31,36)(H,37,38). The minimum absolute atomic E-state index is 0.00666. The van der Waals surface area contributed by atoms with Crippen LogP contribution in [0.2, 0.25) is 0 Å². The summed E-state index contributed by atoms with van der Waals surface area (Å²) in [4.78, 5) is 57.1. The molecule has 2 aromatic rings. The number of aliphatic hydroxyl groups is 1. The first-order valence-corrected chi connectivity index (χ1v) is 12.1. The van der Waals surface area contributed by atoms with E-state index in [0.29, 0.717) is 30.6 Å². The molecule has 14 nitrogen and oxygen atoms in total. The summed E-state index contributed by atoms with van der Waals surface area (Å²) in [7, 11) is 0. The third-order valence-electron chi connectivity index (χ3n) is 5.72. The summed E-state index contributed by atoms with van der Waals surface area (Å²) in [5, 5.41) is 35.9. The van der Waals surface area contributed by atoms with Crippen LogP contribution in [0, 0.1) is 0 Å². The summed E-state index contributed by atoms with van der Waals surface area (Å²) in [5.74, 6) is -3.48. The number of aromatic hydroxyl groups is 1. The SMILES string of the molecule is NCCCCC(NC(=O)C(N)CO)C(=O)NC(Cc1ccc(O)cc1)C(=O)NC(Cc1cnc[nH]1)C(=O)O. The molecule has 0 aliphatic heterocycles. The van der Waals surface area contributed by atoms with Gasteiger partial charge in [0.05, 0.1) is 12.9 Å². The molecule has 0 aliphatic carbocycles. The van der Waals surface area contributed by atoms with E-state index in [0.717, 1.165) is 0 Å². The van der Waals surface area contributed by atoms with Gasteiger partial charge in [0.15, 0.2) is 0 Å². The van der Waals surface area contributed by atoms with Crippen LogP contribution >= 0.6 is 0 Å². The number of rotatable bonds is 16. The summed E-state index contributed by atoms with van der Waals surface area (Å²) < 4.78 is 0. The molecule has 0 saturated carbocycles. The van der Waals surface area contributed by atoms with Crippen molar-refractivity contribution in [2.24, 2.45) is 11.5 Å².